The first-order chi connectivity index (χ1) is 10.9. The van der Waals surface area contributed by atoms with Crippen LogP contribution >= 0.6 is 11.3 Å². The van der Waals surface area contributed by atoms with E-state index in [2.05, 4.69) is 43.2 Å². The Morgan fingerprint density at radius 2 is 2.13 bits per heavy atom. The van der Waals surface area contributed by atoms with Gasteiger partial charge in [-0.05, 0) is 12.8 Å². The number of hydrogen-bond acceptors (Lipinski definition) is 5. The summed E-state index contributed by atoms with van der Waals surface area (Å²) < 4.78 is 0. The molecule has 2 heterocycles. The van der Waals surface area contributed by atoms with Crippen LogP contribution in [0.25, 0.3) is 0 Å². The summed E-state index contributed by atoms with van der Waals surface area (Å²) in [5.74, 6) is -0.344. The number of carbonyl (C=O) groups is 2. The quantitative estimate of drug-likeness (QED) is 0.829. The molecule has 0 unspecified atom stereocenters. The number of hydrogen-bond donors (Lipinski definition) is 1. The van der Waals surface area contributed by atoms with E-state index in [0.717, 1.165) is 30.8 Å². The Morgan fingerprint density at radius 1 is 1.39 bits per heavy atom. The summed E-state index contributed by atoms with van der Waals surface area (Å²) in [5, 5.41) is 12.5. The van der Waals surface area contributed by atoms with Gasteiger partial charge in [0, 0.05) is 24.9 Å². The van der Waals surface area contributed by atoms with Crippen LogP contribution in [0.5, 0.6) is 0 Å². The van der Waals surface area contributed by atoms with E-state index in [1.54, 1.807) is 4.90 Å². The zero-order chi connectivity index (χ0) is 17.0. The molecule has 7 heteroatoms. The fourth-order valence-corrected chi connectivity index (χ4v) is 3.34. The van der Waals surface area contributed by atoms with Crippen molar-refractivity contribution >= 4 is 28.3 Å². The molecule has 1 atom stereocenters. The van der Waals surface area contributed by atoms with Gasteiger partial charge in [-0.25, -0.2) is 0 Å². The van der Waals surface area contributed by atoms with Crippen LogP contribution < -0.4 is 5.32 Å². The summed E-state index contributed by atoms with van der Waals surface area (Å²) in [5.41, 5.74) is -0.0408. The Balaban J connectivity index is 1.94. The van der Waals surface area contributed by atoms with Gasteiger partial charge in [-0.1, -0.05) is 45.5 Å². The molecule has 2 amide bonds. The van der Waals surface area contributed by atoms with Crippen LogP contribution in [0, 0.1) is 5.92 Å². The number of nitrogens with zero attached hydrogens (tertiary/aromatic N) is 3. The number of carbonyl (C=O) groups excluding carboxylic acids is 2. The van der Waals surface area contributed by atoms with Gasteiger partial charge in [0.1, 0.15) is 5.01 Å². The summed E-state index contributed by atoms with van der Waals surface area (Å²) >= 11 is 1.41. The number of likely N-dealkylation sites (tertiary alicyclic amines) is 1. The largest absolute Gasteiger partial charge is 0.342 e. The molecule has 1 aliphatic rings. The van der Waals surface area contributed by atoms with Gasteiger partial charge in [0.2, 0.25) is 16.9 Å². The molecular weight excluding hydrogens is 312 g/mol. The maximum absolute atomic E-state index is 12.4. The molecule has 128 valence electrons. The third-order valence-electron chi connectivity index (χ3n) is 4.48. The zero-order valence-corrected chi connectivity index (χ0v) is 15.2. The second kappa shape index (κ2) is 7.38. The van der Waals surface area contributed by atoms with Crippen molar-refractivity contribution in [1.29, 1.82) is 0 Å². The number of aromatic nitrogens is 2. The molecule has 1 aliphatic heterocycles. The molecule has 0 bridgehead atoms. The van der Waals surface area contributed by atoms with Gasteiger partial charge in [-0.3, -0.25) is 9.59 Å². The number of amides is 2. The molecule has 0 aliphatic carbocycles. The molecule has 1 N–H and O–H groups in total. The fraction of sp³-hybridized carbons (Fsp3) is 0.750. The predicted octanol–water partition coefficient (Wildman–Crippen LogP) is 2.81. The van der Waals surface area contributed by atoms with E-state index in [9.17, 15) is 9.59 Å². The Morgan fingerprint density at radius 3 is 2.78 bits per heavy atom. The highest BCUT2D eigenvalue weighted by molar-refractivity contribution is 7.15. The molecule has 23 heavy (non-hydrogen) atoms. The normalized spacial score (nSPS) is 18.5. The molecule has 0 radical (unpaired) electrons. The monoisotopic (exact) mass is 338 g/mol. The molecule has 1 aromatic rings. The van der Waals surface area contributed by atoms with Crippen LogP contribution in [0.15, 0.2) is 0 Å². The molecule has 1 saturated heterocycles. The van der Waals surface area contributed by atoms with Crippen molar-refractivity contribution in [1.82, 2.24) is 15.1 Å². The highest BCUT2D eigenvalue weighted by Gasteiger charge is 2.34. The van der Waals surface area contributed by atoms with Gasteiger partial charge in [-0.15, -0.1) is 10.2 Å². The first-order valence-corrected chi connectivity index (χ1v) is 9.11. The fourth-order valence-electron chi connectivity index (χ4n) is 2.42. The first kappa shape index (κ1) is 17.8. The number of nitrogens with one attached hydrogen (secondary N) is 1. The third-order valence-corrected chi connectivity index (χ3v) is 5.69. The molecule has 0 saturated carbocycles. The summed E-state index contributed by atoms with van der Waals surface area (Å²) in [6.07, 6.45) is 3.27. The van der Waals surface area contributed by atoms with E-state index >= 15 is 0 Å². The molecule has 2 rings (SSSR count). The first-order valence-electron chi connectivity index (χ1n) is 8.30. The SMILES string of the molecule is CCCCN1C[C@H](C(=O)Nc2nnc(C(C)(C)CC)s2)CC1=O. The third kappa shape index (κ3) is 4.28. The lowest BCUT2D eigenvalue weighted by molar-refractivity contribution is -0.128. The van der Waals surface area contributed by atoms with E-state index in [-0.39, 0.29) is 23.1 Å². The lowest BCUT2D eigenvalue weighted by atomic mass is 9.91. The van der Waals surface area contributed by atoms with Crippen LogP contribution in [0.3, 0.4) is 0 Å². The second-order valence-electron chi connectivity index (χ2n) is 6.73. The van der Waals surface area contributed by atoms with E-state index in [4.69, 9.17) is 0 Å². The van der Waals surface area contributed by atoms with E-state index < -0.39 is 0 Å². The Labute approximate surface area is 141 Å². The molecule has 0 spiro atoms. The minimum Gasteiger partial charge on any atom is -0.342 e. The summed E-state index contributed by atoms with van der Waals surface area (Å²) in [4.78, 5) is 26.1. The lowest BCUT2D eigenvalue weighted by Crippen LogP contribution is -2.29. The van der Waals surface area contributed by atoms with Crippen molar-refractivity contribution in [3.8, 4) is 0 Å². The maximum Gasteiger partial charge on any atom is 0.231 e. The van der Waals surface area contributed by atoms with Crippen LogP contribution in [0.2, 0.25) is 0 Å². The summed E-state index contributed by atoms with van der Waals surface area (Å²) in [7, 11) is 0. The predicted molar refractivity (Wildman–Crippen MR) is 91.5 cm³/mol. The Hall–Kier alpha value is -1.50. The van der Waals surface area contributed by atoms with Gasteiger partial charge in [-0.2, -0.15) is 0 Å². The second-order valence-corrected chi connectivity index (χ2v) is 7.71. The van der Waals surface area contributed by atoms with Crippen molar-refractivity contribution in [2.75, 3.05) is 18.4 Å². The Kier molecular flexibility index (Phi) is 5.73. The van der Waals surface area contributed by atoms with E-state index in [1.165, 1.54) is 11.3 Å². The lowest BCUT2D eigenvalue weighted by Gasteiger charge is -2.17. The zero-order valence-electron chi connectivity index (χ0n) is 14.4. The van der Waals surface area contributed by atoms with Gasteiger partial charge in [0.15, 0.2) is 0 Å². The van der Waals surface area contributed by atoms with Crippen LogP contribution in [-0.4, -0.2) is 40.0 Å². The van der Waals surface area contributed by atoms with Crippen molar-refractivity contribution < 1.29 is 9.59 Å². The van der Waals surface area contributed by atoms with E-state index in [1.807, 2.05) is 0 Å². The maximum atomic E-state index is 12.4. The average molecular weight is 338 g/mol. The van der Waals surface area contributed by atoms with Crippen LogP contribution in [-0.2, 0) is 15.0 Å². The smallest absolute Gasteiger partial charge is 0.231 e. The topological polar surface area (TPSA) is 75.2 Å². The van der Waals surface area contributed by atoms with Crippen molar-refractivity contribution in [2.24, 2.45) is 5.92 Å². The molecule has 6 nitrogen and oxygen atoms in total. The summed E-state index contributed by atoms with van der Waals surface area (Å²) in [6.45, 7) is 9.68. The van der Waals surface area contributed by atoms with Crippen molar-refractivity contribution in [2.45, 2.75) is 58.8 Å². The molecular formula is C16H26N4O2S. The Bertz CT molecular complexity index is 570. The highest BCUT2D eigenvalue weighted by atomic mass is 32.1. The molecule has 0 aromatic carbocycles. The average Bonchev–Trinajstić information content (AvgIpc) is 3.12. The van der Waals surface area contributed by atoms with Gasteiger partial charge in [0.05, 0.1) is 5.92 Å². The van der Waals surface area contributed by atoms with Gasteiger partial charge < -0.3 is 10.2 Å². The van der Waals surface area contributed by atoms with Crippen LogP contribution in [0.1, 0.15) is 58.4 Å². The minimum absolute atomic E-state index is 0.0408. The standard InChI is InChI=1S/C16H26N4O2S/c1-5-7-8-20-10-11(9-12(20)21)13(22)17-15-19-18-14(23-15)16(3,4)6-2/h11H,5-10H2,1-4H3,(H,17,19,22)/t11-/m1/s1. The number of rotatable bonds is 7. The van der Waals surface area contributed by atoms with Crippen molar-refractivity contribution in [3.63, 3.8) is 0 Å². The summed E-state index contributed by atoms with van der Waals surface area (Å²) in [6, 6.07) is 0. The highest BCUT2D eigenvalue weighted by Crippen LogP contribution is 2.31. The minimum atomic E-state index is -0.286. The van der Waals surface area contributed by atoms with Gasteiger partial charge in [0.25, 0.3) is 0 Å². The van der Waals surface area contributed by atoms with Crippen LogP contribution in [0.4, 0.5) is 5.13 Å². The molecule has 1 aromatic heterocycles. The van der Waals surface area contributed by atoms with Gasteiger partial charge >= 0.3 is 0 Å². The molecule has 1 fully saturated rings. The number of unbranched alkanes of at least 4 members (excludes halogenated alkanes) is 1. The van der Waals surface area contributed by atoms with E-state index in [0.29, 0.717) is 18.1 Å². The number of anilines is 1. The van der Waals surface area contributed by atoms with Crippen molar-refractivity contribution in [3.05, 3.63) is 5.01 Å².